The summed E-state index contributed by atoms with van der Waals surface area (Å²) in [6.45, 7) is 8.68. The van der Waals surface area contributed by atoms with Crippen molar-refractivity contribution >= 4 is 73.8 Å². The normalized spacial score (nSPS) is 22.0. The molecule has 408 valence electrons. The zero-order valence-corrected chi connectivity index (χ0v) is 45.1. The second kappa shape index (κ2) is 29.9. The van der Waals surface area contributed by atoms with E-state index in [0.29, 0.717) is 30.9 Å². The van der Waals surface area contributed by atoms with Gasteiger partial charge in [0.15, 0.2) is 0 Å². The molecule has 0 unspecified atom stereocenters. The predicted octanol–water partition coefficient (Wildman–Crippen LogP) is 1.67. The zero-order chi connectivity index (χ0) is 54.6. The highest BCUT2D eigenvalue weighted by atomic mass is 33.1. The number of para-hydroxylation sites is 1. The molecule has 9 atom stereocenters. The van der Waals surface area contributed by atoms with E-state index in [1.807, 2.05) is 78.9 Å². The summed E-state index contributed by atoms with van der Waals surface area (Å²) in [6.07, 6.45) is 2.48. The number of H-pyrrole nitrogens is 1. The number of carbonyl (C=O) groups is 7. The molecule has 19 nitrogen and oxygen atoms in total. The molecule has 1 aromatic heterocycles. The van der Waals surface area contributed by atoms with Crippen LogP contribution in [0.25, 0.3) is 10.9 Å². The number of nitrogens with one attached hydrogen (secondary N) is 8. The molecule has 75 heavy (non-hydrogen) atoms. The number of unbranched alkanes of at least 4 members (excludes halogenated alkanes) is 1. The van der Waals surface area contributed by atoms with Gasteiger partial charge in [0.1, 0.15) is 36.3 Å². The van der Waals surface area contributed by atoms with E-state index in [-0.39, 0.29) is 37.2 Å². The molecule has 5 rings (SSSR count). The van der Waals surface area contributed by atoms with Crippen LogP contribution in [0, 0.1) is 11.8 Å². The van der Waals surface area contributed by atoms with Crippen molar-refractivity contribution in [3.8, 4) is 0 Å². The first-order valence-electron chi connectivity index (χ1n) is 25.7. The second-order valence-corrected chi connectivity index (χ2v) is 22.5. The Morgan fingerprint density at radius 3 is 2.01 bits per heavy atom. The van der Waals surface area contributed by atoms with Gasteiger partial charge in [-0.2, -0.15) is 0 Å². The molecule has 0 aliphatic carbocycles. The highest BCUT2D eigenvalue weighted by Crippen LogP contribution is 2.25. The lowest BCUT2D eigenvalue weighted by Gasteiger charge is -2.29. The Hall–Kier alpha value is -5.97. The highest BCUT2D eigenvalue weighted by Gasteiger charge is 2.36. The van der Waals surface area contributed by atoms with Crippen LogP contribution in [-0.2, 0) is 59.2 Å². The van der Waals surface area contributed by atoms with Gasteiger partial charge in [-0.15, -0.1) is 0 Å². The minimum atomic E-state index is -1.31. The van der Waals surface area contributed by atoms with Gasteiger partial charge in [0.2, 0.25) is 41.4 Å². The molecule has 0 spiro atoms. The molecule has 3 aromatic carbocycles. The largest absolute Gasteiger partial charge is 0.394 e. The number of hydrogen-bond donors (Lipinski definition) is 12. The van der Waals surface area contributed by atoms with Gasteiger partial charge in [0.05, 0.1) is 24.8 Å². The number of aromatic amines is 1. The van der Waals surface area contributed by atoms with Gasteiger partial charge >= 0.3 is 0 Å². The fourth-order valence-electron chi connectivity index (χ4n) is 8.60. The number of amides is 7. The lowest BCUT2D eigenvalue weighted by Crippen LogP contribution is -2.61. The maximum atomic E-state index is 15.0. The quantitative estimate of drug-likeness (QED) is 0.0471. The number of rotatable bonds is 19. The first-order valence-corrected chi connectivity index (χ1v) is 28.1. The number of carbonyl (C=O) groups excluding carboxylic acids is 7. The summed E-state index contributed by atoms with van der Waals surface area (Å²) in [5.74, 6) is -5.43. The van der Waals surface area contributed by atoms with Gasteiger partial charge in [0, 0.05) is 41.4 Å². The molecule has 1 fully saturated rings. The summed E-state index contributed by atoms with van der Waals surface area (Å²) in [6, 6.07) is 14.4. The predicted molar refractivity (Wildman–Crippen MR) is 294 cm³/mol. The van der Waals surface area contributed by atoms with Gasteiger partial charge in [-0.25, -0.2) is 0 Å². The number of fused-ring (bicyclic) bond motifs is 1. The van der Waals surface area contributed by atoms with Crippen LogP contribution in [0.1, 0.15) is 76.1 Å². The Morgan fingerprint density at radius 2 is 1.33 bits per heavy atom. The van der Waals surface area contributed by atoms with Crippen molar-refractivity contribution in [2.24, 2.45) is 23.3 Å². The van der Waals surface area contributed by atoms with Crippen LogP contribution < -0.4 is 48.7 Å². The van der Waals surface area contributed by atoms with Crippen molar-refractivity contribution in [2.75, 3.05) is 24.7 Å². The summed E-state index contributed by atoms with van der Waals surface area (Å²) in [4.78, 5) is 104. The molecule has 14 N–H and O–H groups in total. The van der Waals surface area contributed by atoms with E-state index in [4.69, 9.17) is 11.5 Å². The number of aliphatic hydroxyl groups is 2. The smallest absolute Gasteiger partial charge is 0.244 e. The fourth-order valence-corrected chi connectivity index (χ4v) is 10.9. The van der Waals surface area contributed by atoms with E-state index in [1.165, 1.54) is 6.92 Å². The summed E-state index contributed by atoms with van der Waals surface area (Å²) >= 11 is 0. The van der Waals surface area contributed by atoms with Crippen molar-refractivity contribution in [1.82, 2.24) is 42.2 Å². The van der Waals surface area contributed by atoms with Crippen LogP contribution in [-0.4, -0.2) is 136 Å². The lowest BCUT2D eigenvalue weighted by atomic mass is 9.97. The van der Waals surface area contributed by atoms with Crippen molar-refractivity contribution in [3.63, 3.8) is 0 Å². The zero-order valence-electron chi connectivity index (χ0n) is 43.4. The van der Waals surface area contributed by atoms with E-state index in [9.17, 15) is 39.0 Å². The summed E-state index contributed by atoms with van der Waals surface area (Å²) in [5, 5.41) is 40.6. The Kier molecular flexibility index (Phi) is 23.9. The Balaban J connectivity index is 1.60. The highest BCUT2D eigenvalue weighted by molar-refractivity contribution is 8.76. The van der Waals surface area contributed by atoms with Crippen LogP contribution in [0.3, 0.4) is 0 Å². The maximum absolute atomic E-state index is 15.0. The molecular weight excluding hydrogens is 997 g/mol. The van der Waals surface area contributed by atoms with Gasteiger partial charge in [0.25, 0.3) is 0 Å². The average molecular weight is 1070 g/mol. The van der Waals surface area contributed by atoms with E-state index < -0.39 is 108 Å². The van der Waals surface area contributed by atoms with Crippen LogP contribution in [0.15, 0.2) is 85.1 Å². The van der Waals surface area contributed by atoms with Gasteiger partial charge in [-0.1, -0.05) is 122 Å². The number of aliphatic hydroxyl groups excluding tert-OH is 2. The third-order valence-electron chi connectivity index (χ3n) is 12.8. The third-order valence-corrected chi connectivity index (χ3v) is 15.2. The molecule has 4 aromatic rings. The standard InChI is InChI=1S/C54H76N10O9S2/c1-31(2)22-35-16-13-17-36(23-35)25-42-50(69)60-43(26-37-27-57-40-19-10-9-18-38(37)40)51(70)58-41(20-11-12-21-55)49(68)64-47(32(3)4)54(73)63-46(53(72)61-44(28-65)33(5)66)30-75-74-29-45(52(71)59-42)62-48(67)39(56)24-34-14-7-6-8-15-34/h6-10,13-19,23,27,31-33,39,41-47,57,65-66H,11-12,20-22,24-26,28-30,55-56H2,1-5H3,(H,58,70)(H,59,71)(H,60,69)(H,61,72)(H,62,67)(H,63,73)(H,64,68)/t33-,39-,41+,42+,43-,44-,45+,46+,47+/m1/s1. The molecule has 1 saturated heterocycles. The number of aromatic nitrogens is 1. The minimum Gasteiger partial charge on any atom is -0.394 e. The molecule has 1 aliphatic heterocycles. The molecule has 1 aliphatic rings. The van der Waals surface area contributed by atoms with Crippen molar-refractivity contribution in [1.29, 1.82) is 0 Å². The molecular formula is C54H76N10O9S2. The Labute approximate surface area is 447 Å². The minimum absolute atomic E-state index is 0.0144. The van der Waals surface area contributed by atoms with Crippen LogP contribution >= 0.6 is 21.6 Å². The van der Waals surface area contributed by atoms with Crippen LogP contribution in [0.4, 0.5) is 0 Å². The average Bonchev–Trinajstić information content (AvgIpc) is 3.78. The number of benzene rings is 3. The van der Waals surface area contributed by atoms with E-state index in [0.717, 1.165) is 55.6 Å². The molecule has 0 bridgehead atoms. The summed E-state index contributed by atoms with van der Waals surface area (Å²) < 4.78 is 0. The van der Waals surface area contributed by atoms with Crippen molar-refractivity contribution in [3.05, 3.63) is 107 Å². The molecule has 7 amide bonds. The van der Waals surface area contributed by atoms with Crippen LogP contribution in [0.2, 0.25) is 0 Å². The topological polar surface area (TPSA) is 312 Å². The maximum Gasteiger partial charge on any atom is 0.244 e. The SMILES string of the molecule is CC(C)Cc1cccc(C[C@@H]2NC(=O)[C@@H](NC(=O)[C@H](N)Cc3ccccc3)CSSC[C@@H](C(=O)N[C@H](CO)[C@@H](C)O)NC(=O)[C@H](C(C)C)NC(=O)[C@H](CCCCN)NC(=O)[C@@H](Cc3c[nH]c4ccccc34)NC2=O)c1. The summed E-state index contributed by atoms with van der Waals surface area (Å²) in [5.41, 5.74) is 16.3. The van der Waals surface area contributed by atoms with Crippen molar-refractivity contribution in [2.45, 2.75) is 134 Å². The van der Waals surface area contributed by atoms with E-state index in [2.05, 4.69) is 56.0 Å². The molecule has 21 heteroatoms. The third kappa shape index (κ3) is 18.7. The van der Waals surface area contributed by atoms with Gasteiger partial charge < -0.3 is 63.9 Å². The monoisotopic (exact) mass is 1070 g/mol. The van der Waals surface area contributed by atoms with Crippen LogP contribution in [0.5, 0.6) is 0 Å². The lowest BCUT2D eigenvalue weighted by molar-refractivity contribution is -0.136. The second-order valence-electron chi connectivity index (χ2n) is 19.9. The fraction of sp³-hybridized carbons (Fsp3) is 0.500. The first-order chi connectivity index (χ1) is 35.9. The Bertz CT molecular complexity index is 2530. The molecule has 2 heterocycles. The first kappa shape index (κ1) is 59.9. The molecule has 0 radical (unpaired) electrons. The van der Waals surface area contributed by atoms with E-state index >= 15 is 4.79 Å². The van der Waals surface area contributed by atoms with Crippen molar-refractivity contribution < 1.29 is 43.8 Å². The van der Waals surface area contributed by atoms with Gasteiger partial charge in [-0.3, -0.25) is 33.6 Å². The van der Waals surface area contributed by atoms with E-state index in [1.54, 1.807) is 20.0 Å². The molecule has 0 saturated carbocycles. The van der Waals surface area contributed by atoms with Gasteiger partial charge in [-0.05, 0) is 85.7 Å². The number of nitrogens with two attached hydrogens (primary N) is 2. The Morgan fingerprint density at radius 1 is 0.707 bits per heavy atom. The summed E-state index contributed by atoms with van der Waals surface area (Å²) in [7, 11) is 2.18. The number of hydrogen-bond acceptors (Lipinski definition) is 13.